The lowest BCUT2D eigenvalue weighted by molar-refractivity contribution is 0.129. The van der Waals surface area contributed by atoms with Gasteiger partial charge in [0.05, 0.1) is 54.9 Å². The molecule has 452 valence electrons. The number of hydrogen-bond acceptors (Lipinski definition) is 9. The molecular weight excluding hydrogens is 1040 g/mol. The molecule has 9 nitrogen and oxygen atoms in total. The fourth-order valence-corrected chi connectivity index (χ4v) is 18.1. The van der Waals surface area contributed by atoms with Crippen molar-refractivity contribution >= 4 is 10.9 Å². The molecule has 0 N–H and O–H groups in total. The second-order valence-corrected chi connectivity index (χ2v) is 28.8. The quantitative estimate of drug-likeness (QED) is 0.0969. The molecule has 10 heteroatoms. The summed E-state index contributed by atoms with van der Waals surface area (Å²) in [5, 5.41) is 0. The van der Waals surface area contributed by atoms with E-state index in [1.165, 1.54) is 96.3 Å². The maximum absolute atomic E-state index is 7.81. The maximum Gasteiger partial charge on any atom is 0.250 e. The Labute approximate surface area is 497 Å². The lowest BCUT2D eigenvalue weighted by atomic mass is 9.97. The number of benzene rings is 3. The fourth-order valence-electron chi connectivity index (χ4n) is 15.6. The van der Waals surface area contributed by atoms with Gasteiger partial charge >= 0.3 is 0 Å². The van der Waals surface area contributed by atoms with E-state index >= 15 is 0 Å². The summed E-state index contributed by atoms with van der Waals surface area (Å²) >= 11 is 0. The summed E-state index contributed by atoms with van der Waals surface area (Å²) < 4.78 is 68.6. The van der Waals surface area contributed by atoms with Crippen molar-refractivity contribution < 1.29 is 42.6 Å². The van der Waals surface area contributed by atoms with Gasteiger partial charge in [-0.15, -0.1) is 0 Å². The number of rotatable bonds is 21. The highest BCUT2D eigenvalue weighted by atomic mass is 32.2. The summed E-state index contributed by atoms with van der Waals surface area (Å²) in [5.74, 6) is 7.74. The highest BCUT2D eigenvalue weighted by Crippen LogP contribution is 2.58. The molecule has 82 heavy (non-hydrogen) atoms. The first kappa shape index (κ1) is 58.6. The van der Waals surface area contributed by atoms with Gasteiger partial charge in [0.1, 0.15) is 28.1 Å². The molecule has 9 saturated carbocycles. The van der Waals surface area contributed by atoms with Crippen LogP contribution in [0.5, 0.6) is 51.7 Å². The van der Waals surface area contributed by atoms with E-state index < -0.39 is 10.9 Å². The summed E-state index contributed by atoms with van der Waals surface area (Å²) in [6.45, 7) is 0. The average Bonchev–Trinajstić information content (AvgIpc) is 3.57. The molecule has 0 unspecified atom stereocenters. The van der Waals surface area contributed by atoms with Gasteiger partial charge in [-0.2, -0.15) is 0 Å². The highest BCUT2D eigenvalue weighted by molar-refractivity contribution is 7.97. The van der Waals surface area contributed by atoms with Crippen LogP contribution in [0.25, 0.3) is 0 Å². The number of ether oxygens (including phenoxy) is 9. The van der Waals surface area contributed by atoms with Gasteiger partial charge in [0.2, 0.25) is 0 Å². The molecule has 12 rings (SSSR count). The van der Waals surface area contributed by atoms with Crippen LogP contribution in [-0.4, -0.2) is 54.9 Å². The van der Waals surface area contributed by atoms with Crippen LogP contribution in [0, 0.1) is 0 Å². The second-order valence-electron chi connectivity index (χ2n) is 27.0. The van der Waals surface area contributed by atoms with Crippen molar-refractivity contribution in [2.75, 3.05) is 0 Å². The second kappa shape index (κ2) is 30.0. The topological polar surface area (TPSA) is 83.1 Å². The normalized spacial score (nSPS) is 23.5. The van der Waals surface area contributed by atoms with Gasteiger partial charge in [0.15, 0.2) is 34.5 Å². The van der Waals surface area contributed by atoms with Crippen molar-refractivity contribution in [1.29, 1.82) is 0 Å². The van der Waals surface area contributed by atoms with Crippen molar-refractivity contribution in [2.45, 2.75) is 359 Å². The standard InChI is InChI=1S/C72H105O9S/c1-10-28-52(29-11-1)73-61-46-64(76-55-34-16-4-17-35-55)70(65(47-61)77-56-36-18-5-19-37-56)82(71-66(78-57-38-20-6-21-39-57)48-62(74-53-30-12-2-13-31-53)49-67(71)79-58-40-22-7-23-41-58)72-68(80-59-42-24-8-25-43-59)50-63(75-54-32-14-3-15-33-54)51-69(72)81-60-44-26-9-27-45-60/h46-60H,1-45H2/q+1. The lowest BCUT2D eigenvalue weighted by Crippen LogP contribution is -2.27. The minimum absolute atomic E-state index is 0.0646. The molecule has 3 aromatic rings. The maximum atomic E-state index is 7.81. The predicted octanol–water partition coefficient (Wildman–Crippen LogP) is 20.2. The average molecular weight is 1150 g/mol. The van der Waals surface area contributed by atoms with Gasteiger partial charge < -0.3 is 42.6 Å². The van der Waals surface area contributed by atoms with Gasteiger partial charge in [-0.1, -0.05) is 57.8 Å². The van der Waals surface area contributed by atoms with E-state index in [1.807, 2.05) is 0 Å². The zero-order chi connectivity index (χ0) is 55.1. The molecule has 0 amide bonds. The Bertz CT molecular complexity index is 2020. The smallest absolute Gasteiger partial charge is 0.250 e. The third kappa shape index (κ3) is 16.0. The molecule has 9 aliphatic rings. The molecule has 0 spiro atoms. The van der Waals surface area contributed by atoms with Crippen LogP contribution in [0.4, 0.5) is 0 Å². The van der Waals surface area contributed by atoms with Gasteiger partial charge in [-0.3, -0.25) is 0 Å². The molecule has 0 atom stereocenters. The molecular formula is C72H105O9S+. The summed E-state index contributed by atoms with van der Waals surface area (Å²) in [6.07, 6.45) is 52.1. The van der Waals surface area contributed by atoms with Crippen molar-refractivity contribution in [3.63, 3.8) is 0 Å². The van der Waals surface area contributed by atoms with Gasteiger partial charge in [-0.05, 0) is 231 Å². The van der Waals surface area contributed by atoms with Crippen LogP contribution >= 0.6 is 0 Å². The van der Waals surface area contributed by atoms with E-state index in [2.05, 4.69) is 36.4 Å². The molecule has 9 fully saturated rings. The monoisotopic (exact) mass is 1150 g/mol. The van der Waals surface area contributed by atoms with Crippen LogP contribution < -0.4 is 42.6 Å². The van der Waals surface area contributed by atoms with Gasteiger partial charge in [0, 0.05) is 36.4 Å². The van der Waals surface area contributed by atoms with Crippen LogP contribution in [0.2, 0.25) is 0 Å². The first-order valence-electron chi connectivity index (χ1n) is 34.9. The lowest BCUT2D eigenvalue weighted by Gasteiger charge is -2.32. The van der Waals surface area contributed by atoms with Crippen LogP contribution in [-0.2, 0) is 10.9 Å². The molecule has 0 saturated heterocycles. The minimum atomic E-state index is -1.07. The van der Waals surface area contributed by atoms with E-state index in [0.29, 0.717) is 0 Å². The molecule has 9 aliphatic carbocycles. The molecule has 0 radical (unpaired) electrons. The minimum Gasteiger partial charge on any atom is -0.490 e. The summed E-state index contributed by atoms with van der Waals surface area (Å²) in [7, 11) is -1.07. The van der Waals surface area contributed by atoms with Crippen molar-refractivity contribution in [1.82, 2.24) is 0 Å². The summed E-state index contributed by atoms with van der Waals surface area (Å²) in [5.41, 5.74) is 0. The Kier molecular flexibility index (Phi) is 21.5. The third-order valence-corrected chi connectivity index (χ3v) is 22.7. The predicted molar refractivity (Wildman–Crippen MR) is 329 cm³/mol. The molecule has 0 bridgehead atoms. The first-order chi connectivity index (χ1) is 40.6. The fraction of sp³-hybridized carbons (Fsp3) is 0.750. The molecule has 0 aliphatic heterocycles. The molecule has 0 aromatic heterocycles. The van der Waals surface area contributed by atoms with Gasteiger partial charge in [-0.25, -0.2) is 0 Å². The Morgan fingerprint density at radius 1 is 0.183 bits per heavy atom. The Hall–Kier alpha value is -3.79. The Balaban J connectivity index is 1.15. The van der Waals surface area contributed by atoms with Crippen molar-refractivity contribution in [3.05, 3.63) is 36.4 Å². The zero-order valence-electron chi connectivity index (χ0n) is 50.6. The van der Waals surface area contributed by atoms with E-state index in [-0.39, 0.29) is 54.9 Å². The molecule has 0 heterocycles. The van der Waals surface area contributed by atoms with Crippen molar-refractivity contribution in [3.8, 4) is 51.7 Å². The van der Waals surface area contributed by atoms with E-state index in [1.54, 1.807) is 0 Å². The third-order valence-electron chi connectivity index (χ3n) is 20.2. The van der Waals surface area contributed by atoms with E-state index in [4.69, 9.17) is 42.6 Å². The van der Waals surface area contributed by atoms with Crippen molar-refractivity contribution in [2.24, 2.45) is 0 Å². The molecule has 3 aromatic carbocycles. The SMILES string of the molecule is c1c(OC2CCCCC2)cc(OC2CCCCC2)c([S+](c2c(OC3CCCCC3)cc(OC3CCCCC3)cc2OC2CCCCC2)c2c(OC3CCCCC3)cc(OC3CCCCC3)cc2OC2CCCCC2)c1OC1CCCCC1. The summed E-state index contributed by atoms with van der Waals surface area (Å²) in [6, 6.07) is 13.8. The van der Waals surface area contributed by atoms with E-state index in [0.717, 1.165) is 259 Å². The van der Waals surface area contributed by atoms with Crippen LogP contribution in [0.3, 0.4) is 0 Å². The largest absolute Gasteiger partial charge is 0.490 e. The van der Waals surface area contributed by atoms with Crippen LogP contribution in [0.1, 0.15) is 289 Å². The van der Waals surface area contributed by atoms with Gasteiger partial charge in [0.25, 0.3) is 14.7 Å². The number of hydrogen-bond donors (Lipinski definition) is 0. The Morgan fingerprint density at radius 3 is 0.463 bits per heavy atom. The van der Waals surface area contributed by atoms with Crippen LogP contribution in [0.15, 0.2) is 51.1 Å². The zero-order valence-corrected chi connectivity index (χ0v) is 51.4. The summed E-state index contributed by atoms with van der Waals surface area (Å²) in [4.78, 5) is 3.12. The highest BCUT2D eigenvalue weighted by Gasteiger charge is 2.49. The van der Waals surface area contributed by atoms with E-state index in [9.17, 15) is 0 Å². The first-order valence-corrected chi connectivity index (χ1v) is 36.1. The Morgan fingerprint density at radius 2 is 0.317 bits per heavy atom.